The van der Waals surface area contributed by atoms with E-state index in [0.717, 1.165) is 16.0 Å². The van der Waals surface area contributed by atoms with E-state index in [1.165, 1.54) is 30.3 Å². The van der Waals surface area contributed by atoms with Crippen LogP contribution in [0.5, 0.6) is 11.5 Å². The summed E-state index contributed by atoms with van der Waals surface area (Å²) in [4.78, 5) is 52.6. The Morgan fingerprint density at radius 1 is 0.800 bits per heavy atom. The highest BCUT2D eigenvalue weighted by Gasteiger charge is 2.37. The van der Waals surface area contributed by atoms with Crippen molar-refractivity contribution < 1.29 is 28.7 Å². The Morgan fingerprint density at radius 2 is 1.52 bits per heavy atom. The van der Waals surface area contributed by atoms with E-state index in [1.807, 2.05) is 19.1 Å². The van der Waals surface area contributed by atoms with Crippen LogP contribution in [0, 0.1) is 13.8 Å². The van der Waals surface area contributed by atoms with Gasteiger partial charge in [0.05, 0.1) is 27.4 Å². The molecule has 7 nitrogen and oxygen atoms in total. The van der Waals surface area contributed by atoms with Crippen molar-refractivity contribution in [2.45, 2.75) is 13.8 Å². The Labute approximate surface area is 239 Å². The number of halogens is 2. The number of ether oxygens (including phenoxy) is 2. The van der Waals surface area contributed by atoms with Gasteiger partial charge in [-0.25, -0.2) is 9.69 Å². The van der Waals surface area contributed by atoms with Crippen molar-refractivity contribution in [2.75, 3.05) is 11.5 Å². The molecule has 1 aliphatic rings. The second-order valence-corrected chi connectivity index (χ2v) is 10.0. The third-order valence-corrected chi connectivity index (χ3v) is 6.91. The zero-order chi connectivity index (χ0) is 28.6. The lowest BCUT2D eigenvalue weighted by Crippen LogP contribution is -2.29. The van der Waals surface area contributed by atoms with Crippen LogP contribution in [-0.2, 0) is 4.74 Å². The van der Waals surface area contributed by atoms with Gasteiger partial charge < -0.3 is 9.47 Å². The molecule has 9 heteroatoms. The second-order valence-electron chi connectivity index (χ2n) is 9.19. The van der Waals surface area contributed by atoms with E-state index in [4.69, 9.17) is 32.7 Å². The van der Waals surface area contributed by atoms with Crippen molar-refractivity contribution in [1.82, 2.24) is 0 Å². The first kappa shape index (κ1) is 27.1. The Balaban J connectivity index is 1.31. The third kappa shape index (κ3) is 5.34. The number of hydrogen-bond donors (Lipinski definition) is 0. The minimum Gasteiger partial charge on any atom is -0.456 e. The molecule has 1 aliphatic heterocycles. The van der Waals surface area contributed by atoms with Crippen molar-refractivity contribution in [1.29, 1.82) is 0 Å². The van der Waals surface area contributed by atoms with E-state index in [0.29, 0.717) is 22.1 Å². The average Bonchev–Trinajstić information content (AvgIpc) is 3.19. The molecule has 0 radical (unpaired) electrons. The summed E-state index contributed by atoms with van der Waals surface area (Å²) >= 11 is 12.3. The molecule has 0 bridgehead atoms. The first-order valence-corrected chi connectivity index (χ1v) is 12.9. The number of aryl methyl sites for hydroxylation is 2. The maximum atomic E-state index is 13.2. The standard InChI is InChI=1S/C31H21Cl2NO6/c1-17-3-4-18(2)24(13-17)27(35)16-39-31(38)19-5-11-23-25(14-19)30(37)34(29(23)36)21-8-12-28(26(33)15-21)40-22-9-6-20(32)7-10-22/h3-15H,16H2,1-2H3. The summed E-state index contributed by atoms with van der Waals surface area (Å²) in [5, 5.41) is 0.739. The van der Waals surface area contributed by atoms with Gasteiger partial charge in [0.15, 0.2) is 6.61 Å². The van der Waals surface area contributed by atoms with Gasteiger partial charge in [-0.15, -0.1) is 0 Å². The van der Waals surface area contributed by atoms with Gasteiger partial charge in [0, 0.05) is 10.6 Å². The fourth-order valence-corrected chi connectivity index (χ4v) is 4.61. The minimum atomic E-state index is -0.785. The first-order chi connectivity index (χ1) is 19.1. The van der Waals surface area contributed by atoms with Gasteiger partial charge in [0.25, 0.3) is 11.8 Å². The Kier molecular flexibility index (Phi) is 7.43. The molecule has 40 heavy (non-hydrogen) atoms. The normalized spacial score (nSPS) is 12.3. The summed E-state index contributed by atoms with van der Waals surface area (Å²) in [6.45, 7) is 3.21. The fraction of sp³-hybridized carbons (Fsp3) is 0.0968. The summed E-state index contributed by atoms with van der Waals surface area (Å²) in [5.74, 6) is -1.48. The molecule has 0 N–H and O–H groups in total. The van der Waals surface area contributed by atoms with Gasteiger partial charge in [-0.1, -0.05) is 40.9 Å². The Morgan fingerprint density at radius 3 is 2.25 bits per heavy atom. The van der Waals surface area contributed by atoms with E-state index in [2.05, 4.69) is 0 Å². The lowest BCUT2D eigenvalue weighted by atomic mass is 10.0. The van der Waals surface area contributed by atoms with Crippen LogP contribution in [0.2, 0.25) is 10.0 Å². The predicted octanol–water partition coefficient (Wildman–Crippen LogP) is 7.24. The number of benzene rings is 4. The molecular weight excluding hydrogens is 553 g/mol. The van der Waals surface area contributed by atoms with Gasteiger partial charge in [-0.05, 0) is 86.1 Å². The van der Waals surface area contributed by atoms with Crippen LogP contribution in [-0.4, -0.2) is 30.2 Å². The molecule has 4 aromatic rings. The topological polar surface area (TPSA) is 90.0 Å². The van der Waals surface area contributed by atoms with E-state index in [9.17, 15) is 19.2 Å². The second kappa shape index (κ2) is 11.0. The average molecular weight is 574 g/mol. The molecule has 0 aromatic heterocycles. The van der Waals surface area contributed by atoms with Crippen molar-refractivity contribution in [2.24, 2.45) is 0 Å². The molecule has 1 heterocycles. The van der Waals surface area contributed by atoms with Crippen LogP contribution in [0.1, 0.15) is 52.6 Å². The van der Waals surface area contributed by atoms with Crippen LogP contribution in [0.4, 0.5) is 5.69 Å². The number of rotatable bonds is 7. The molecule has 200 valence electrons. The van der Waals surface area contributed by atoms with Crippen molar-refractivity contribution in [3.63, 3.8) is 0 Å². The molecule has 0 saturated heterocycles. The molecule has 4 aromatic carbocycles. The number of amides is 2. The van der Waals surface area contributed by atoms with Gasteiger partial charge >= 0.3 is 5.97 Å². The van der Waals surface area contributed by atoms with E-state index in [-0.39, 0.29) is 33.2 Å². The molecule has 0 saturated carbocycles. The van der Waals surface area contributed by atoms with Gasteiger partial charge in [0.2, 0.25) is 5.78 Å². The smallest absolute Gasteiger partial charge is 0.338 e. The van der Waals surface area contributed by atoms with Crippen LogP contribution in [0.3, 0.4) is 0 Å². The van der Waals surface area contributed by atoms with Crippen LogP contribution in [0.25, 0.3) is 0 Å². The van der Waals surface area contributed by atoms with E-state index in [1.54, 1.807) is 43.3 Å². The van der Waals surface area contributed by atoms with Crippen molar-refractivity contribution in [3.8, 4) is 11.5 Å². The third-order valence-electron chi connectivity index (χ3n) is 6.37. The number of ketones is 1. The SMILES string of the molecule is Cc1ccc(C)c(C(=O)COC(=O)c2ccc3c(c2)C(=O)N(c2ccc(Oc4ccc(Cl)cc4)c(Cl)c2)C3=O)c1. The first-order valence-electron chi connectivity index (χ1n) is 12.2. The highest BCUT2D eigenvalue weighted by Crippen LogP contribution is 2.36. The number of esters is 1. The van der Waals surface area contributed by atoms with Crippen LogP contribution >= 0.6 is 23.2 Å². The predicted molar refractivity (Wildman–Crippen MR) is 151 cm³/mol. The highest BCUT2D eigenvalue weighted by atomic mass is 35.5. The number of Topliss-reactive ketones (excluding diaryl/α,β-unsaturated/α-hetero) is 1. The van der Waals surface area contributed by atoms with E-state index < -0.39 is 24.4 Å². The maximum Gasteiger partial charge on any atom is 0.338 e. The van der Waals surface area contributed by atoms with Gasteiger partial charge in [0.1, 0.15) is 11.5 Å². The summed E-state index contributed by atoms with van der Waals surface area (Å²) in [6, 6.07) is 20.7. The van der Waals surface area contributed by atoms with Crippen molar-refractivity contribution >= 4 is 52.5 Å². The zero-order valence-electron chi connectivity index (χ0n) is 21.4. The molecule has 0 spiro atoms. The molecule has 0 unspecified atom stereocenters. The number of hydrogen-bond acceptors (Lipinski definition) is 6. The molecule has 5 rings (SSSR count). The Bertz CT molecular complexity index is 1700. The number of imide groups is 1. The number of nitrogens with zero attached hydrogens (tertiary/aromatic N) is 1. The van der Waals surface area contributed by atoms with Crippen molar-refractivity contribution in [3.05, 3.63) is 122 Å². The summed E-state index contributed by atoms with van der Waals surface area (Å²) in [7, 11) is 0. The summed E-state index contributed by atoms with van der Waals surface area (Å²) < 4.78 is 11.0. The monoisotopic (exact) mass is 573 g/mol. The lowest BCUT2D eigenvalue weighted by Gasteiger charge is -2.16. The van der Waals surface area contributed by atoms with E-state index >= 15 is 0 Å². The minimum absolute atomic E-state index is 0.0397. The molecular formula is C31H21Cl2NO6. The number of carbonyl (C=O) groups is 4. The Hall–Kier alpha value is -4.46. The maximum absolute atomic E-state index is 13.2. The lowest BCUT2D eigenvalue weighted by molar-refractivity contribution is 0.0474. The highest BCUT2D eigenvalue weighted by molar-refractivity contribution is 6.36. The van der Waals surface area contributed by atoms with Crippen LogP contribution in [0.15, 0.2) is 78.9 Å². The quantitative estimate of drug-likeness (QED) is 0.131. The molecule has 0 aliphatic carbocycles. The van der Waals surface area contributed by atoms with Gasteiger partial charge in [-0.3, -0.25) is 14.4 Å². The number of fused-ring (bicyclic) bond motifs is 1. The zero-order valence-corrected chi connectivity index (χ0v) is 22.9. The number of anilines is 1. The number of carbonyl (C=O) groups excluding carboxylic acids is 4. The molecule has 0 fully saturated rings. The van der Waals surface area contributed by atoms with Crippen LogP contribution < -0.4 is 9.64 Å². The molecule has 0 atom stereocenters. The van der Waals surface area contributed by atoms with Gasteiger partial charge in [-0.2, -0.15) is 0 Å². The largest absolute Gasteiger partial charge is 0.456 e. The summed E-state index contributed by atoms with van der Waals surface area (Å²) in [6.07, 6.45) is 0. The molecule has 2 amide bonds. The summed E-state index contributed by atoms with van der Waals surface area (Å²) in [5.41, 5.74) is 2.61. The fourth-order valence-electron chi connectivity index (χ4n) is 4.27.